The van der Waals surface area contributed by atoms with Crippen LogP contribution >= 0.6 is 0 Å². The van der Waals surface area contributed by atoms with E-state index in [1.54, 1.807) is 12.1 Å². The molecule has 12 nitrogen and oxygen atoms in total. The number of methoxy groups -OCH3 is 4. The third kappa shape index (κ3) is 6.31. The zero-order valence-electron chi connectivity index (χ0n) is 20.3. The van der Waals surface area contributed by atoms with Gasteiger partial charge in [0.15, 0.2) is 23.0 Å². The molecular formula is C25H23N3O9. The minimum absolute atomic E-state index is 0.0815. The highest BCUT2D eigenvalue weighted by molar-refractivity contribution is 5.95. The summed E-state index contributed by atoms with van der Waals surface area (Å²) in [6.45, 7) is 0. The number of hydrazone groups is 1. The van der Waals surface area contributed by atoms with Gasteiger partial charge in [-0.05, 0) is 42.0 Å². The number of ether oxygens (including phenoxy) is 5. The van der Waals surface area contributed by atoms with Crippen molar-refractivity contribution in [2.45, 2.75) is 0 Å². The van der Waals surface area contributed by atoms with Crippen molar-refractivity contribution in [1.82, 2.24) is 5.43 Å². The van der Waals surface area contributed by atoms with Crippen molar-refractivity contribution in [2.75, 3.05) is 28.4 Å². The van der Waals surface area contributed by atoms with Crippen LogP contribution in [0.2, 0.25) is 0 Å². The van der Waals surface area contributed by atoms with Gasteiger partial charge in [-0.1, -0.05) is 6.07 Å². The lowest BCUT2D eigenvalue weighted by Gasteiger charge is -2.14. The van der Waals surface area contributed by atoms with Crippen molar-refractivity contribution in [1.29, 1.82) is 0 Å². The van der Waals surface area contributed by atoms with Crippen LogP contribution in [0, 0.1) is 10.1 Å². The Kier molecular flexibility index (Phi) is 8.60. The summed E-state index contributed by atoms with van der Waals surface area (Å²) in [5.41, 5.74) is 2.85. The van der Waals surface area contributed by atoms with E-state index in [0.717, 1.165) is 6.07 Å². The molecule has 0 unspecified atom stereocenters. The zero-order chi connectivity index (χ0) is 26.9. The van der Waals surface area contributed by atoms with E-state index in [9.17, 15) is 19.7 Å². The van der Waals surface area contributed by atoms with E-state index < -0.39 is 16.8 Å². The Labute approximate surface area is 211 Å². The lowest BCUT2D eigenvalue weighted by atomic mass is 10.1. The van der Waals surface area contributed by atoms with Crippen molar-refractivity contribution in [3.8, 4) is 28.7 Å². The highest BCUT2D eigenvalue weighted by atomic mass is 16.6. The summed E-state index contributed by atoms with van der Waals surface area (Å²) >= 11 is 0. The number of non-ortho nitro benzene ring substituents is 1. The van der Waals surface area contributed by atoms with Crippen LogP contribution in [0.25, 0.3) is 0 Å². The summed E-state index contributed by atoms with van der Waals surface area (Å²) in [7, 11) is 5.72. The first-order valence-electron chi connectivity index (χ1n) is 10.6. The second-order valence-corrected chi connectivity index (χ2v) is 7.22. The fraction of sp³-hybridized carbons (Fsp3) is 0.160. The van der Waals surface area contributed by atoms with Gasteiger partial charge in [0, 0.05) is 17.7 Å². The molecule has 12 heteroatoms. The van der Waals surface area contributed by atoms with Gasteiger partial charge in [0.2, 0.25) is 5.75 Å². The molecule has 192 valence electrons. The number of carbonyl (C=O) groups excluding carboxylic acids is 2. The van der Waals surface area contributed by atoms with Crippen LogP contribution in [0.5, 0.6) is 28.7 Å². The number of hydrogen-bond acceptors (Lipinski definition) is 10. The van der Waals surface area contributed by atoms with E-state index >= 15 is 0 Å². The van der Waals surface area contributed by atoms with Crippen LogP contribution in [0.15, 0.2) is 59.7 Å². The molecular weight excluding hydrogens is 486 g/mol. The second-order valence-electron chi connectivity index (χ2n) is 7.22. The predicted octanol–water partition coefficient (Wildman–Crippen LogP) is 3.61. The van der Waals surface area contributed by atoms with Crippen LogP contribution in [0.1, 0.15) is 26.3 Å². The lowest BCUT2D eigenvalue weighted by Crippen LogP contribution is -2.17. The van der Waals surface area contributed by atoms with Gasteiger partial charge >= 0.3 is 5.97 Å². The number of nitrogens with one attached hydrogen (secondary N) is 1. The largest absolute Gasteiger partial charge is 0.493 e. The summed E-state index contributed by atoms with van der Waals surface area (Å²) in [6, 6.07) is 12.8. The minimum Gasteiger partial charge on any atom is -0.493 e. The molecule has 37 heavy (non-hydrogen) atoms. The van der Waals surface area contributed by atoms with E-state index in [-0.39, 0.29) is 28.3 Å². The monoisotopic (exact) mass is 509 g/mol. The van der Waals surface area contributed by atoms with Gasteiger partial charge < -0.3 is 23.7 Å². The minimum atomic E-state index is -0.691. The van der Waals surface area contributed by atoms with E-state index in [0.29, 0.717) is 22.8 Å². The zero-order valence-corrected chi connectivity index (χ0v) is 20.3. The Morgan fingerprint density at radius 1 is 0.838 bits per heavy atom. The van der Waals surface area contributed by atoms with Crippen LogP contribution in [-0.4, -0.2) is 51.5 Å². The smallest absolute Gasteiger partial charge is 0.343 e. The Morgan fingerprint density at radius 3 is 2.11 bits per heavy atom. The molecule has 0 atom stereocenters. The van der Waals surface area contributed by atoms with E-state index in [2.05, 4.69) is 10.5 Å². The van der Waals surface area contributed by atoms with Crippen LogP contribution < -0.4 is 29.1 Å². The molecule has 0 fully saturated rings. The van der Waals surface area contributed by atoms with Gasteiger partial charge in [0.1, 0.15) is 0 Å². The van der Waals surface area contributed by atoms with Crippen LogP contribution in [0.4, 0.5) is 5.69 Å². The van der Waals surface area contributed by atoms with E-state index in [1.165, 1.54) is 71.1 Å². The highest BCUT2D eigenvalue weighted by Gasteiger charge is 2.20. The molecule has 0 aliphatic heterocycles. The average molecular weight is 509 g/mol. The maximum Gasteiger partial charge on any atom is 0.343 e. The first-order valence-corrected chi connectivity index (χ1v) is 10.6. The number of nitro groups is 1. The van der Waals surface area contributed by atoms with Gasteiger partial charge in [-0.15, -0.1) is 0 Å². The molecule has 0 radical (unpaired) electrons. The lowest BCUT2D eigenvalue weighted by molar-refractivity contribution is -0.384. The van der Waals surface area contributed by atoms with Gasteiger partial charge in [-0.25, -0.2) is 10.2 Å². The summed E-state index contributed by atoms with van der Waals surface area (Å²) < 4.78 is 26.6. The van der Waals surface area contributed by atoms with Crippen molar-refractivity contribution in [3.05, 3.63) is 81.4 Å². The fourth-order valence-electron chi connectivity index (χ4n) is 3.20. The average Bonchev–Trinajstić information content (AvgIpc) is 2.92. The molecule has 0 saturated carbocycles. The quantitative estimate of drug-likeness (QED) is 0.142. The second kappa shape index (κ2) is 12.0. The molecule has 3 aromatic carbocycles. The Morgan fingerprint density at radius 2 is 1.51 bits per heavy atom. The maximum absolute atomic E-state index is 12.8. The number of carbonyl (C=O) groups is 2. The standard InChI is InChI=1S/C25H23N3O9/c1-33-20-10-15(14-26-27-24(29)16-6-5-7-18(11-16)28(31)32)8-9-19(20)37-25(30)17-12-21(34-2)23(36-4)22(13-17)35-3/h5-14H,1-4H3,(H,27,29). The third-order valence-electron chi connectivity index (χ3n) is 4.99. The van der Waals surface area contributed by atoms with Crippen LogP contribution in [-0.2, 0) is 0 Å². The number of amides is 1. The Balaban J connectivity index is 1.74. The van der Waals surface area contributed by atoms with E-state index in [4.69, 9.17) is 23.7 Å². The fourth-order valence-corrected chi connectivity index (χ4v) is 3.20. The van der Waals surface area contributed by atoms with Gasteiger partial charge in [-0.3, -0.25) is 14.9 Å². The summed E-state index contributed by atoms with van der Waals surface area (Å²) in [6.07, 6.45) is 1.34. The third-order valence-corrected chi connectivity index (χ3v) is 4.99. The molecule has 0 aliphatic carbocycles. The SMILES string of the molecule is COc1cc(C=NNC(=O)c2cccc([N+](=O)[O-])c2)ccc1OC(=O)c1cc(OC)c(OC)c(OC)c1. The topological polar surface area (TPSA) is 148 Å². The normalized spacial score (nSPS) is 10.5. The number of rotatable bonds is 10. The molecule has 3 rings (SSSR count). The van der Waals surface area contributed by atoms with Crippen molar-refractivity contribution >= 4 is 23.8 Å². The molecule has 0 saturated heterocycles. The van der Waals surface area contributed by atoms with Crippen molar-refractivity contribution in [2.24, 2.45) is 5.10 Å². The van der Waals surface area contributed by atoms with Gasteiger partial charge in [-0.2, -0.15) is 5.10 Å². The van der Waals surface area contributed by atoms with Crippen LogP contribution in [0.3, 0.4) is 0 Å². The maximum atomic E-state index is 12.8. The summed E-state index contributed by atoms with van der Waals surface area (Å²) in [5.74, 6) is -0.0286. The Hall–Kier alpha value is -5.13. The summed E-state index contributed by atoms with van der Waals surface area (Å²) in [4.78, 5) is 35.3. The number of nitrogens with zero attached hydrogens (tertiary/aromatic N) is 2. The Bertz CT molecular complexity index is 1330. The number of nitro benzene ring substituents is 1. The molecule has 1 N–H and O–H groups in total. The summed E-state index contributed by atoms with van der Waals surface area (Å²) in [5, 5.41) is 14.7. The molecule has 0 bridgehead atoms. The first-order chi connectivity index (χ1) is 17.8. The predicted molar refractivity (Wildman–Crippen MR) is 132 cm³/mol. The molecule has 3 aromatic rings. The number of esters is 1. The molecule has 0 aliphatic rings. The van der Waals surface area contributed by atoms with Gasteiger partial charge in [0.25, 0.3) is 11.6 Å². The van der Waals surface area contributed by atoms with E-state index in [1.807, 2.05) is 0 Å². The highest BCUT2D eigenvalue weighted by Crippen LogP contribution is 2.38. The first kappa shape index (κ1) is 26.5. The number of benzene rings is 3. The molecule has 0 heterocycles. The molecule has 1 amide bonds. The molecule has 0 aromatic heterocycles. The molecule has 0 spiro atoms. The number of hydrogen-bond donors (Lipinski definition) is 1. The van der Waals surface area contributed by atoms with Gasteiger partial charge in [0.05, 0.1) is 45.1 Å². The van der Waals surface area contributed by atoms with Crippen molar-refractivity contribution in [3.63, 3.8) is 0 Å². The van der Waals surface area contributed by atoms with Crippen molar-refractivity contribution < 1.29 is 38.2 Å².